The molecule has 0 saturated carbocycles. The highest BCUT2D eigenvalue weighted by molar-refractivity contribution is 5.20. The van der Waals surface area contributed by atoms with Crippen molar-refractivity contribution < 1.29 is 9.50 Å². The van der Waals surface area contributed by atoms with E-state index in [0.717, 1.165) is 24.9 Å². The molecular formula is C12H19FN2O. The third-order valence-corrected chi connectivity index (χ3v) is 2.48. The fraction of sp³-hybridized carbons (Fsp3) is 0.500. The molecule has 1 unspecified atom stereocenters. The second-order valence-electron chi connectivity index (χ2n) is 3.72. The third kappa shape index (κ3) is 4.26. The largest absolute Gasteiger partial charge is 0.396 e. The number of hydrogen-bond donors (Lipinski definition) is 3. The number of unbranched alkanes of at least 4 members (excludes halogenated alkanes) is 1. The molecule has 0 spiro atoms. The standard InChI is InChI=1S/C12H19FN2O/c13-11-5-3-10(4-6-11)12(9-14)15-7-1-2-8-16/h3-6,12,15-16H,1-2,7-9,14H2. The number of nitrogens with two attached hydrogens (primary N) is 1. The van der Waals surface area contributed by atoms with Crippen LogP contribution in [0.1, 0.15) is 24.4 Å². The van der Waals surface area contributed by atoms with Gasteiger partial charge < -0.3 is 16.2 Å². The van der Waals surface area contributed by atoms with Gasteiger partial charge in [-0.25, -0.2) is 4.39 Å². The summed E-state index contributed by atoms with van der Waals surface area (Å²) in [7, 11) is 0. The Morgan fingerprint density at radius 2 is 1.94 bits per heavy atom. The first-order valence-electron chi connectivity index (χ1n) is 5.57. The molecule has 0 fully saturated rings. The van der Waals surface area contributed by atoms with Crippen LogP contribution in [-0.2, 0) is 0 Å². The Kier molecular flexibility index (Phi) is 6.00. The van der Waals surface area contributed by atoms with Crippen LogP contribution in [0.3, 0.4) is 0 Å². The van der Waals surface area contributed by atoms with E-state index in [-0.39, 0.29) is 18.5 Å². The molecule has 0 saturated heterocycles. The highest BCUT2D eigenvalue weighted by atomic mass is 19.1. The molecule has 1 aromatic carbocycles. The van der Waals surface area contributed by atoms with Gasteiger partial charge in [0.25, 0.3) is 0 Å². The maximum Gasteiger partial charge on any atom is 0.123 e. The fourth-order valence-corrected chi connectivity index (χ4v) is 1.55. The summed E-state index contributed by atoms with van der Waals surface area (Å²) in [6, 6.07) is 6.41. The Hall–Kier alpha value is -0.970. The molecule has 0 aromatic heterocycles. The van der Waals surface area contributed by atoms with Crippen molar-refractivity contribution in [2.24, 2.45) is 5.73 Å². The predicted molar refractivity (Wildman–Crippen MR) is 62.5 cm³/mol. The van der Waals surface area contributed by atoms with Gasteiger partial charge in [-0.1, -0.05) is 12.1 Å². The lowest BCUT2D eigenvalue weighted by Gasteiger charge is -2.17. The fourth-order valence-electron chi connectivity index (χ4n) is 1.55. The van der Waals surface area contributed by atoms with Crippen molar-refractivity contribution in [3.63, 3.8) is 0 Å². The number of aliphatic hydroxyl groups is 1. The first-order valence-corrected chi connectivity index (χ1v) is 5.57. The molecule has 0 heterocycles. The molecule has 0 amide bonds. The lowest BCUT2D eigenvalue weighted by molar-refractivity contribution is 0.282. The van der Waals surface area contributed by atoms with Crippen LogP contribution in [0.4, 0.5) is 4.39 Å². The van der Waals surface area contributed by atoms with E-state index in [1.807, 2.05) is 0 Å². The summed E-state index contributed by atoms with van der Waals surface area (Å²) in [4.78, 5) is 0. The zero-order chi connectivity index (χ0) is 11.8. The molecule has 0 bridgehead atoms. The second-order valence-corrected chi connectivity index (χ2v) is 3.72. The summed E-state index contributed by atoms with van der Waals surface area (Å²) in [6.07, 6.45) is 1.70. The maximum absolute atomic E-state index is 12.7. The van der Waals surface area contributed by atoms with Gasteiger partial charge in [0.15, 0.2) is 0 Å². The van der Waals surface area contributed by atoms with E-state index in [4.69, 9.17) is 10.8 Å². The molecule has 1 atom stereocenters. The minimum absolute atomic E-state index is 0.0549. The monoisotopic (exact) mass is 226 g/mol. The van der Waals surface area contributed by atoms with Gasteiger partial charge in [0.05, 0.1) is 0 Å². The predicted octanol–water partition coefficient (Wildman–Crippen LogP) is 1.19. The number of halogens is 1. The summed E-state index contributed by atoms with van der Waals surface area (Å²) >= 11 is 0. The summed E-state index contributed by atoms with van der Waals surface area (Å²) < 4.78 is 12.7. The lowest BCUT2D eigenvalue weighted by atomic mass is 10.1. The molecule has 4 N–H and O–H groups in total. The van der Waals surface area contributed by atoms with Crippen molar-refractivity contribution in [2.45, 2.75) is 18.9 Å². The van der Waals surface area contributed by atoms with Crippen LogP contribution < -0.4 is 11.1 Å². The molecular weight excluding hydrogens is 207 g/mol. The van der Waals surface area contributed by atoms with Gasteiger partial charge in [-0.15, -0.1) is 0 Å². The van der Waals surface area contributed by atoms with E-state index < -0.39 is 0 Å². The summed E-state index contributed by atoms with van der Waals surface area (Å²) in [5.41, 5.74) is 6.65. The van der Waals surface area contributed by atoms with Crippen molar-refractivity contribution in [3.8, 4) is 0 Å². The van der Waals surface area contributed by atoms with Crippen LogP contribution in [0, 0.1) is 5.82 Å². The maximum atomic E-state index is 12.7. The number of aliphatic hydroxyl groups excluding tert-OH is 1. The van der Waals surface area contributed by atoms with Gasteiger partial charge in [-0.3, -0.25) is 0 Å². The number of nitrogens with one attached hydrogen (secondary N) is 1. The van der Waals surface area contributed by atoms with E-state index in [9.17, 15) is 4.39 Å². The van der Waals surface area contributed by atoms with Crippen LogP contribution in [0.15, 0.2) is 24.3 Å². The van der Waals surface area contributed by atoms with Gasteiger partial charge in [0.1, 0.15) is 5.82 Å². The molecule has 0 aliphatic rings. The van der Waals surface area contributed by atoms with E-state index in [1.54, 1.807) is 12.1 Å². The summed E-state index contributed by atoms with van der Waals surface area (Å²) in [5.74, 6) is -0.236. The Morgan fingerprint density at radius 3 is 2.50 bits per heavy atom. The highest BCUT2D eigenvalue weighted by Gasteiger charge is 2.07. The second kappa shape index (κ2) is 7.33. The van der Waals surface area contributed by atoms with Crippen LogP contribution >= 0.6 is 0 Å². The van der Waals surface area contributed by atoms with Gasteiger partial charge in [0.2, 0.25) is 0 Å². The van der Waals surface area contributed by atoms with Gasteiger partial charge >= 0.3 is 0 Å². The molecule has 90 valence electrons. The van der Waals surface area contributed by atoms with Crippen LogP contribution in [0.5, 0.6) is 0 Å². The van der Waals surface area contributed by atoms with E-state index in [0.29, 0.717) is 6.54 Å². The lowest BCUT2D eigenvalue weighted by Crippen LogP contribution is -2.29. The SMILES string of the molecule is NCC(NCCCCO)c1ccc(F)cc1. The first kappa shape index (κ1) is 13.1. The average Bonchev–Trinajstić information content (AvgIpc) is 2.31. The minimum atomic E-state index is -0.236. The molecule has 16 heavy (non-hydrogen) atoms. The van der Waals surface area contributed by atoms with Crippen molar-refractivity contribution in [1.82, 2.24) is 5.32 Å². The normalized spacial score (nSPS) is 12.7. The molecule has 3 nitrogen and oxygen atoms in total. The van der Waals surface area contributed by atoms with Crippen molar-refractivity contribution in [2.75, 3.05) is 19.7 Å². The van der Waals surface area contributed by atoms with Gasteiger partial charge in [-0.2, -0.15) is 0 Å². The Labute approximate surface area is 95.5 Å². The van der Waals surface area contributed by atoms with Gasteiger partial charge in [-0.05, 0) is 37.1 Å². The van der Waals surface area contributed by atoms with Gasteiger partial charge in [0, 0.05) is 19.2 Å². The molecule has 0 radical (unpaired) electrons. The average molecular weight is 226 g/mol. The zero-order valence-electron chi connectivity index (χ0n) is 9.32. The number of rotatable bonds is 7. The molecule has 0 aliphatic heterocycles. The van der Waals surface area contributed by atoms with E-state index in [2.05, 4.69) is 5.32 Å². The summed E-state index contributed by atoms with van der Waals surface area (Å²) in [5, 5.41) is 11.9. The third-order valence-electron chi connectivity index (χ3n) is 2.48. The van der Waals surface area contributed by atoms with Crippen molar-refractivity contribution in [1.29, 1.82) is 0 Å². The zero-order valence-corrected chi connectivity index (χ0v) is 9.32. The highest BCUT2D eigenvalue weighted by Crippen LogP contribution is 2.12. The Balaban J connectivity index is 2.44. The summed E-state index contributed by atoms with van der Waals surface area (Å²) in [6.45, 7) is 1.50. The number of hydrogen-bond acceptors (Lipinski definition) is 3. The van der Waals surface area contributed by atoms with Crippen molar-refractivity contribution in [3.05, 3.63) is 35.6 Å². The smallest absolute Gasteiger partial charge is 0.123 e. The quantitative estimate of drug-likeness (QED) is 0.612. The van der Waals surface area contributed by atoms with Crippen LogP contribution in [-0.4, -0.2) is 24.8 Å². The Bertz CT molecular complexity index is 290. The Morgan fingerprint density at radius 1 is 1.25 bits per heavy atom. The topological polar surface area (TPSA) is 58.3 Å². The number of benzene rings is 1. The van der Waals surface area contributed by atoms with Crippen molar-refractivity contribution >= 4 is 0 Å². The molecule has 1 aromatic rings. The minimum Gasteiger partial charge on any atom is -0.396 e. The molecule has 0 aliphatic carbocycles. The van der Waals surface area contributed by atoms with Crippen LogP contribution in [0.25, 0.3) is 0 Å². The molecule has 1 rings (SSSR count). The van der Waals surface area contributed by atoms with E-state index >= 15 is 0 Å². The van der Waals surface area contributed by atoms with E-state index in [1.165, 1.54) is 12.1 Å². The van der Waals surface area contributed by atoms with Crippen LogP contribution in [0.2, 0.25) is 0 Å². The molecule has 4 heteroatoms. The first-order chi connectivity index (χ1) is 7.77.